The highest BCUT2D eigenvalue weighted by atomic mass is 16.3. The highest BCUT2D eigenvalue weighted by Gasteiger charge is 2.01. The van der Waals surface area contributed by atoms with Gasteiger partial charge in [0.15, 0.2) is 0 Å². The number of phenols is 1. The first kappa shape index (κ1) is 13.5. The van der Waals surface area contributed by atoms with Crippen molar-refractivity contribution < 1.29 is 9.90 Å². The van der Waals surface area contributed by atoms with Gasteiger partial charge in [-0.3, -0.25) is 4.79 Å². The molecule has 0 saturated heterocycles. The first-order chi connectivity index (χ1) is 8.08. The zero-order chi connectivity index (χ0) is 12.7. The van der Waals surface area contributed by atoms with E-state index in [1.54, 1.807) is 18.2 Å². The van der Waals surface area contributed by atoms with E-state index in [4.69, 9.17) is 0 Å². The number of nitrogens with zero attached hydrogens (tertiary/aromatic N) is 1. The van der Waals surface area contributed by atoms with Crippen LogP contribution in [0.4, 0.5) is 0 Å². The van der Waals surface area contributed by atoms with E-state index in [0.717, 1.165) is 18.5 Å². The average molecular weight is 236 g/mol. The Morgan fingerprint density at radius 1 is 1.41 bits per heavy atom. The van der Waals surface area contributed by atoms with E-state index in [1.165, 1.54) is 0 Å². The van der Waals surface area contributed by atoms with Gasteiger partial charge in [-0.05, 0) is 38.2 Å². The van der Waals surface area contributed by atoms with E-state index in [0.29, 0.717) is 13.0 Å². The Morgan fingerprint density at radius 3 is 2.82 bits per heavy atom. The van der Waals surface area contributed by atoms with Crippen LogP contribution in [0.2, 0.25) is 0 Å². The molecule has 17 heavy (non-hydrogen) atoms. The number of phenolic OH excluding ortho intramolecular Hbond substituents is 1. The topological polar surface area (TPSA) is 52.6 Å². The molecular formula is C13H20N2O2. The molecule has 0 aliphatic carbocycles. The van der Waals surface area contributed by atoms with Gasteiger partial charge >= 0.3 is 0 Å². The van der Waals surface area contributed by atoms with Gasteiger partial charge in [-0.1, -0.05) is 12.1 Å². The third-order valence-electron chi connectivity index (χ3n) is 2.43. The summed E-state index contributed by atoms with van der Waals surface area (Å²) in [6.45, 7) is 1.37. The Hall–Kier alpha value is -1.55. The monoisotopic (exact) mass is 236 g/mol. The van der Waals surface area contributed by atoms with Crippen LogP contribution < -0.4 is 5.32 Å². The highest BCUT2D eigenvalue weighted by Crippen LogP contribution is 2.10. The summed E-state index contributed by atoms with van der Waals surface area (Å²) in [5.41, 5.74) is 1.03. The van der Waals surface area contributed by atoms with E-state index < -0.39 is 0 Å². The van der Waals surface area contributed by atoms with Gasteiger partial charge in [0.2, 0.25) is 5.91 Å². The number of rotatable bonds is 6. The van der Waals surface area contributed by atoms with Gasteiger partial charge in [-0.25, -0.2) is 0 Å². The van der Waals surface area contributed by atoms with Crippen molar-refractivity contribution >= 4 is 5.91 Å². The third kappa shape index (κ3) is 5.92. The van der Waals surface area contributed by atoms with Crippen molar-refractivity contribution in [3.05, 3.63) is 29.8 Å². The number of nitrogens with one attached hydrogen (secondary N) is 1. The Bertz CT molecular complexity index is 364. The molecule has 0 fully saturated rings. The van der Waals surface area contributed by atoms with Crippen molar-refractivity contribution in [1.82, 2.24) is 10.2 Å². The van der Waals surface area contributed by atoms with Crippen LogP contribution in [0.1, 0.15) is 12.0 Å². The fourth-order valence-corrected chi connectivity index (χ4v) is 1.47. The standard InChI is InChI=1S/C13H20N2O2/c1-15(2)9-7-13(17)14-8-6-11-4-3-5-12(16)10-11/h3-5,10,16H,6-9H2,1-2H3,(H,14,17). The molecule has 0 heterocycles. The molecule has 0 aromatic heterocycles. The predicted molar refractivity (Wildman–Crippen MR) is 68.0 cm³/mol. The largest absolute Gasteiger partial charge is 0.508 e. The number of amides is 1. The third-order valence-corrected chi connectivity index (χ3v) is 2.43. The average Bonchev–Trinajstić information content (AvgIpc) is 2.26. The fourth-order valence-electron chi connectivity index (χ4n) is 1.47. The van der Waals surface area contributed by atoms with Crippen molar-refractivity contribution in [3.63, 3.8) is 0 Å². The Kier molecular flexibility index (Phi) is 5.49. The van der Waals surface area contributed by atoms with Gasteiger partial charge in [-0.2, -0.15) is 0 Å². The second-order valence-electron chi connectivity index (χ2n) is 4.32. The first-order valence-corrected chi connectivity index (χ1v) is 5.77. The summed E-state index contributed by atoms with van der Waals surface area (Å²) in [7, 11) is 3.89. The zero-order valence-corrected chi connectivity index (χ0v) is 10.4. The Labute approximate surface area is 102 Å². The molecule has 1 aromatic rings. The molecule has 0 radical (unpaired) electrons. The molecule has 4 heteroatoms. The molecule has 4 nitrogen and oxygen atoms in total. The molecule has 0 atom stereocenters. The Balaban J connectivity index is 2.21. The van der Waals surface area contributed by atoms with Gasteiger partial charge in [0.05, 0.1) is 0 Å². The molecule has 1 rings (SSSR count). The molecule has 1 amide bonds. The van der Waals surface area contributed by atoms with Crippen LogP contribution in [-0.4, -0.2) is 43.1 Å². The van der Waals surface area contributed by atoms with Gasteiger partial charge in [-0.15, -0.1) is 0 Å². The van der Waals surface area contributed by atoms with Gasteiger partial charge in [0, 0.05) is 19.5 Å². The number of benzene rings is 1. The lowest BCUT2D eigenvalue weighted by Crippen LogP contribution is -2.28. The molecule has 1 aromatic carbocycles. The van der Waals surface area contributed by atoms with E-state index in [2.05, 4.69) is 5.32 Å². The van der Waals surface area contributed by atoms with Gasteiger partial charge in [0.1, 0.15) is 5.75 Å². The van der Waals surface area contributed by atoms with Crippen LogP contribution in [0, 0.1) is 0 Å². The summed E-state index contributed by atoms with van der Waals surface area (Å²) in [6.07, 6.45) is 1.26. The lowest BCUT2D eigenvalue weighted by molar-refractivity contribution is -0.121. The van der Waals surface area contributed by atoms with Gasteiger partial charge < -0.3 is 15.3 Å². The molecule has 0 saturated carbocycles. The SMILES string of the molecule is CN(C)CCC(=O)NCCc1cccc(O)c1. The summed E-state index contributed by atoms with van der Waals surface area (Å²) in [6, 6.07) is 7.09. The van der Waals surface area contributed by atoms with Crippen molar-refractivity contribution in [2.24, 2.45) is 0 Å². The number of carbonyl (C=O) groups excluding carboxylic acids is 1. The number of aromatic hydroxyl groups is 1. The smallest absolute Gasteiger partial charge is 0.221 e. The van der Waals surface area contributed by atoms with Crippen LogP contribution in [0.5, 0.6) is 5.75 Å². The number of carbonyl (C=O) groups is 1. The molecule has 0 spiro atoms. The minimum atomic E-state index is 0.0684. The first-order valence-electron chi connectivity index (χ1n) is 5.77. The molecule has 0 aliphatic rings. The predicted octanol–water partition coefficient (Wildman–Crippen LogP) is 1.00. The molecule has 0 unspecified atom stereocenters. The maximum absolute atomic E-state index is 11.4. The second kappa shape index (κ2) is 6.91. The number of hydrogen-bond donors (Lipinski definition) is 2. The van der Waals surface area contributed by atoms with Crippen molar-refractivity contribution in [3.8, 4) is 5.75 Å². The summed E-state index contributed by atoms with van der Waals surface area (Å²) in [5, 5.41) is 12.1. The van der Waals surface area contributed by atoms with Gasteiger partial charge in [0.25, 0.3) is 0 Å². The zero-order valence-electron chi connectivity index (χ0n) is 10.4. The van der Waals surface area contributed by atoms with Crippen LogP contribution >= 0.6 is 0 Å². The van der Waals surface area contributed by atoms with Crippen LogP contribution in [0.15, 0.2) is 24.3 Å². The summed E-state index contributed by atoms with van der Waals surface area (Å²) in [4.78, 5) is 13.4. The minimum Gasteiger partial charge on any atom is -0.508 e. The van der Waals surface area contributed by atoms with Crippen LogP contribution in [0.3, 0.4) is 0 Å². The van der Waals surface area contributed by atoms with Crippen LogP contribution in [0.25, 0.3) is 0 Å². The van der Waals surface area contributed by atoms with Crippen molar-refractivity contribution in [1.29, 1.82) is 0 Å². The van der Waals surface area contributed by atoms with Crippen LogP contribution in [-0.2, 0) is 11.2 Å². The maximum Gasteiger partial charge on any atom is 0.221 e. The summed E-state index contributed by atoms with van der Waals surface area (Å²) in [5.74, 6) is 0.334. The van der Waals surface area contributed by atoms with E-state index >= 15 is 0 Å². The fraction of sp³-hybridized carbons (Fsp3) is 0.462. The molecule has 0 bridgehead atoms. The maximum atomic E-state index is 11.4. The molecule has 0 aliphatic heterocycles. The quantitative estimate of drug-likeness (QED) is 0.775. The van der Waals surface area contributed by atoms with E-state index in [1.807, 2.05) is 25.1 Å². The second-order valence-corrected chi connectivity index (χ2v) is 4.32. The Morgan fingerprint density at radius 2 is 2.18 bits per heavy atom. The normalized spacial score (nSPS) is 10.5. The lowest BCUT2D eigenvalue weighted by atomic mass is 10.1. The lowest BCUT2D eigenvalue weighted by Gasteiger charge is -2.09. The number of hydrogen-bond acceptors (Lipinski definition) is 3. The van der Waals surface area contributed by atoms with Crippen molar-refractivity contribution in [2.45, 2.75) is 12.8 Å². The van der Waals surface area contributed by atoms with E-state index in [9.17, 15) is 9.90 Å². The molecule has 2 N–H and O–H groups in total. The minimum absolute atomic E-state index is 0.0684. The summed E-state index contributed by atoms with van der Waals surface area (Å²) >= 11 is 0. The van der Waals surface area contributed by atoms with E-state index in [-0.39, 0.29) is 11.7 Å². The molecular weight excluding hydrogens is 216 g/mol. The highest BCUT2D eigenvalue weighted by molar-refractivity contribution is 5.76. The molecule has 94 valence electrons. The summed E-state index contributed by atoms with van der Waals surface area (Å²) < 4.78 is 0. The van der Waals surface area contributed by atoms with Crippen molar-refractivity contribution in [2.75, 3.05) is 27.2 Å².